The fourth-order valence-electron chi connectivity index (χ4n) is 2.89. The number of hydrogen-bond acceptors (Lipinski definition) is 2. The van der Waals surface area contributed by atoms with Crippen LogP contribution in [-0.4, -0.2) is 35.5 Å². The van der Waals surface area contributed by atoms with Crippen molar-refractivity contribution in [2.75, 3.05) is 6.54 Å². The van der Waals surface area contributed by atoms with E-state index in [0.29, 0.717) is 25.5 Å². The van der Waals surface area contributed by atoms with Crippen LogP contribution >= 0.6 is 0 Å². The summed E-state index contributed by atoms with van der Waals surface area (Å²) in [6.45, 7) is 0.327. The summed E-state index contributed by atoms with van der Waals surface area (Å²) in [5, 5.41) is 0. The van der Waals surface area contributed by atoms with Gasteiger partial charge in [-0.2, -0.15) is 13.2 Å². The minimum Gasteiger partial charge on any atom is -0.370 e. The molecule has 0 bridgehead atoms. The molecule has 0 saturated carbocycles. The molecular weight excluding hydrogens is 321 g/mol. The number of amides is 2. The smallest absolute Gasteiger partial charge is 0.370 e. The van der Waals surface area contributed by atoms with Crippen LogP contribution in [0.5, 0.6) is 0 Å². The van der Waals surface area contributed by atoms with Gasteiger partial charge in [0.2, 0.25) is 11.8 Å². The SMILES string of the molecule is NC(=O)C[C@@H]1CCCCN1C(=O)/C=C(/c1ccccc1)C(F)(F)F. The fourth-order valence-corrected chi connectivity index (χ4v) is 2.89. The second-order valence-corrected chi connectivity index (χ2v) is 5.77. The maximum absolute atomic E-state index is 13.3. The fraction of sp³-hybridized carbons (Fsp3) is 0.412. The lowest BCUT2D eigenvalue weighted by Gasteiger charge is -2.34. The molecule has 2 rings (SSSR count). The lowest BCUT2D eigenvalue weighted by Crippen LogP contribution is -2.45. The number of alkyl halides is 3. The van der Waals surface area contributed by atoms with Crippen LogP contribution in [0.15, 0.2) is 36.4 Å². The van der Waals surface area contributed by atoms with E-state index in [1.165, 1.54) is 29.2 Å². The number of carbonyl (C=O) groups is 2. The summed E-state index contributed by atoms with van der Waals surface area (Å²) in [7, 11) is 0. The molecule has 0 unspecified atom stereocenters. The molecule has 1 aliphatic rings. The number of hydrogen-bond donors (Lipinski definition) is 1. The van der Waals surface area contributed by atoms with E-state index < -0.39 is 29.6 Å². The van der Waals surface area contributed by atoms with Crippen molar-refractivity contribution in [1.29, 1.82) is 0 Å². The van der Waals surface area contributed by atoms with E-state index in [-0.39, 0.29) is 12.0 Å². The summed E-state index contributed by atoms with van der Waals surface area (Å²) in [5.74, 6) is -1.31. The van der Waals surface area contributed by atoms with E-state index in [1.807, 2.05) is 0 Å². The second-order valence-electron chi connectivity index (χ2n) is 5.77. The van der Waals surface area contributed by atoms with Crippen molar-refractivity contribution in [3.05, 3.63) is 42.0 Å². The van der Waals surface area contributed by atoms with Gasteiger partial charge in [0, 0.05) is 25.1 Å². The van der Waals surface area contributed by atoms with Gasteiger partial charge >= 0.3 is 6.18 Å². The molecule has 1 aromatic carbocycles. The first-order valence-corrected chi connectivity index (χ1v) is 7.72. The van der Waals surface area contributed by atoms with Gasteiger partial charge in [-0.25, -0.2) is 0 Å². The highest BCUT2D eigenvalue weighted by Crippen LogP contribution is 2.34. The van der Waals surface area contributed by atoms with Gasteiger partial charge in [0.1, 0.15) is 0 Å². The molecule has 2 N–H and O–H groups in total. The highest BCUT2D eigenvalue weighted by atomic mass is 19.4. The molecule has 1 fully saturated rings. The minimum absolute atomic E-state index is 0.0354. The summed E-state index contributed by atoms with van der Waals surface area (Å²) in [5.41, 5.74) is 4.12. The van der Waals surface area contributed by atoms with Crippen molar-refractivity contribution < 1.29 is 22.8 Å². The largest absolute Gasteiger partial charge is 0.417 e. The number of rotatable bonds is 4. The Bertz CT molecular complexity index is 626. The molecule has 0 aromatic heterocycles. The van der Waals surface area contributed by atoms with Gasteiger partial charge in [0.25, 0.3) is 0 Å². The van der Waals surface area contributed by atoms with Crippen LogP contribution in [0.3, 0.4) is 0 Å². The topological polar surface area (TPSA) is 63.4 Å². The Morgan fingerprint density at radius 1 is 1.21 bits per heavy atom. The Morgan fingerprint density at radius 3 is 2.46 bits per heavy atom. The number of nitrogens with two attached hydrogens (primary N) is 1. The predicted octanol–water partition coefficient (Wildman–Crippen LogP) is 2.89. The number of allylic oxidation sites excluding steroid dienone is 1. The van der Waals surface area contributed by atoms with E-state index in [0.717, 1.165) is 6.42 Å². The van der Waals surface area contributed by atoms with Crippen LogP contribution < -0.4 is 5.73 Å². The van der Waals surface area contributed by atoms with Gasteiger partial charge in [-0.3, -0.25) is 9.59 Å². The second kappa shape index (κ2) is 7.51. The third-order valence-electron chi connectivity index (χ3n) is 4.01. The standard InChI is InChI=1S/C17H19F3N2O2/c18-17(19,20)14(12-6-2-1-3-7-12)11-16(24)22-9-5-4-8-13(22)10-15(21)23/h1-3,6-7,11,13H,4-5,8-10H2,(H2,21,23)/b14-11-/t13-/m0/s1. The van der Waals surface area contributed by atoms with Gasteiger partial charge in [-0.1, -0.05) is 30.3 Å². The van der Waals surface area contributed by atoms with Gasteiger partial charge in [-0.05, 0) is 24.8 Å². The Balaban J connectivity index is 2.30. The Hall–Kier alpha value is -2.31. The van der Waals surface area contributed by atoms with E-state index in [9.17, 15) is 22.8 Å². The average molecular weight is 340 g/mol. The van der Waals surface area contributed by atoms with E-state index in [2.05, 4.69) is 0 Å². The molecule has 130 valence electrons. The summed E-state index contributed by atoms with van der Waals surface area (Å²) in [6.07, 6.45) is -1.99. The maximum Gasteiger partial charge on any atom is 0.417 e. The molecule has 24 heavy (non-hydrogen) atoms. The number of nitrogens with zero attached hydrogens (tertiary/aromatic N) is 1. The zero-order valence-electron chi connectivity index (χ0n) is 13.1. The van der Waals surface area contributed by atoms with Crippen molar-refractivity contribution in [2.24, 2.45) is 5.73 Å². The lowest BCUT2D eigenvalue weighted by atomic mass is 9.98. The molecule has 1 saturated heterocycles. The van der Waals surface area contributed by atoms with Gasteiger partial charge in [0.15, 0.2) is 0 Å². The van der Waals surface area contributed by atoms with Crippen molar-refractivity contribution >= 4 is 17.4 Å². The Morgan fingerprint density at radius 2 is 1.88 bits per heavy atom. The quantitative estimate of drug-likeness (QED) is 0.857. The molecular formula is C17H19F3N2O2. The molecule has 1 atom stereocenters. The number of carbonyl (C=O) groups excluding carboxylic acids is 2. The molecule has 1 aromatic rings. The van der Waals surface area contributed by atoms with Crippen LogP contribution in [0.25, 0.3) is 5.57 Å². The van der Waals surface area contributed by atoms with Crippen LogP contribution in [0.2, 0.25) is 0 Å². The molecule has 4 nitrogen and oxygen atoms in total. The number of benzene rings is 1. The van der Waals surface area contributed by atoms with Crippen LogP contribution in [0.1, 0.15) is 31.2 Å². The van der Waals surface area contributed by atoms with E-state index >= 15 is 0 Å². The predicted molar refractivity (Wildman–Crippen MR) is 83.6 cm³/mol. The van der Waals surface area contributed by atoms with E-state index in [4.69, 9.17) is 5.73 Å². The first-order chi connectivity index (χ1) is 11.3. The van der Waals surface area contributed by atoms with Crippen LogP contribution in [-0.2, 0) is 9.59 Å². The molecule has 1 heterocycles. The third-order valence-corrected chi connectivity index (χ3v) is 4.01. The lowest BCUT2D eigenvalue weighted by molar-refractivity contribution is -0.131. The summed E-state index contributed by atoms with van der Waals surface area (Å²) in [6, 6.07) is 6.75. The van der Waals surface area contributed by atoms with E-state index in [1.54, 1.807) is 6.07 Å². The first-order valence-electron chi connectivity index (χ1n) is 7.72. The van der Waals surface area contributed by atoms with Crippen LogP contribution in [0.4, 0.5) is 13.2 Å². The van der Waals surface area contributed by atoms with Crippen molar-refractivity contribution in [3.8, 4) is 0 Å². The maximum atomic E-state index is 13.3. The van der Waals surface area contributed by atoms with Gasteiger partial charge in [0.05, 0.1) is 5.57 Å². The molecule has 2 amide bonds. The molecule has 1 aliphatic heterocycles. The zero-order chi connectivity index (χ0) is 17.7. The third kappa shape index (κ3) is 4.59. The summed E-state index contributed by atoms with van der Waals surface area (Å²) < 4.78 is 40.0. The monoisotopic (exact) mass is 340 g/mol. The normalized spacial score (nSPS) is 19.2. The van der Waals surface area contributed by atoms with Crippen LogP contribution in [0, 0.1) is 0 Å². The number of likely N-dealkylation sites (tertiary alicyclic amines) is 1. The van der Waals surface area contributed by atoms with Crippen molar-refractivity contribution in [1.82, 2.24) is 4.90 Å². The van der Waals surface area contributed by atoms with Crippen molar-refractivity contribution in [3.63, 3.8) is 0 Å². The highest BCUT2D eigenvalue weighted by molar-refractivity contribution is 5.96. The Labute approximate surface area is 138 Å². The first kappa shape index (κ1) is 18.0. The molecule has 7 heteroatoms. The number of halogens is 3. The number of primary amides is 1. The molecule has 0 aliphatic carbocycles. The van der Waals surface area contributed by atoms with Crippen molar-refractivity contribution in [2.45, 2.75) is 37.9 Å². The molecule has 0 radical (unpaired) electrons. The van der Waals surface area contributed by atoms with Gasteiger partial charge < -0.3 is 10.6 Å². The average Bonchev–Trinajstić information content (AvgIpc) is 2.52. The Kier molecular flexibility index (Phi) is 5.64. The van der Waals surface area contributed by atoms with Gasteiger partial charge in [-0.15, -0.1) is 0 Å². The summed E-state index contributed by atoms with van der Waals surface area (Å²) in [4.78, 5) is 24.9. The number of piperidine rings is 1. The minimum atomic E-state index is -4.65. The summed E-state index contributed by atoms with van der Waals surface area (Å²) >= 11 is 0. The zero-order valence-corrected chi connectivity index (χ0v) is 13.1. The highest BCUT2D eigenvalue weighted by Gasteiger charge is 2.36. The molecule has 0 spiro atoms.